The number of β-lactam (4-membered cyclic amide) rings is 1. The molecule has 78 valence electrons. The molecule has 0 bridgehead atoms. The first-order valence-electron chi connectivity index (χ1n) is 4.52. The molecule has 0 aromatic rings. The molecular weight excluding hydrogens is 202 g/mol. The number of nitrogens with zero attached hydrogens (tertiary/aromatic N) is 1. The summed E-state index contributed by atoms with van der Waals surface area (Å²) < 4.78 is 4.66. The highest BCUT2D eigenvalue weighted by atomic mass is 32.2. The van der Waals surface area contributed by atoms with Crippen molar-refractivity contribution in [2.75, 3.05) is 12.9 Å². The average Bonchev–Trinajstić information content (AvgIpc) is 2.58. The van der Waals surface area contributed by atoms with Gasteiger partial charge in [-0.05, 0) is 13.8 Å². The SMILES string of the molecule is COC(=O)[C@H]1CS[C@@H]2N1C(=O)C2(C)C. The van der Waals surface area contributed by atoms with Crippen LogP contribution in [0, 0.1) is 5.41 Å². The Hall–Kier alpha value is -0.710. The predicted molar refractivity (Wildman–Crippen MR) is 52.7 cm³/mol. The molecule has 2 saturated heterocycles. The summed E-state index contributed by atoms with van der Waals surface area (Å²) in [6.07, 6.45) is 0. The number of thioether (sulfide) groups is 1. The lowest BCUT2D eigenvalue weighted by Gasteiger charge is -2.49. The molecule has 2 fully saturated rings. The van der Waals surface area contributed by atoms with Crippen LogP contribution in [0.15, 0.2) is 0 Å². The number of hydrogen-bond donors (Lipinski definition) is 0. The Morgan fingerprint density at radius 1 is 1.64 bits per heavy atom. The van der Waals surface area contributed by atoms with Crippen LogP contribution in [0.2, 0.25) is 0 Å². The molecule has 2 heterocycles. The lowest BCUT2D eigenvalue weighted by molar-refractivity contribution is -0.170. The van der Waals surface area contributed by atoms with Gasteiger partial charge in [-0.25, -0.2) is 4.79 Å². The number of esters is 1. The van der Waals surface area contributed by atoms with Gasteiger partial charge >= 0.3 is 5.97 Å². The van der Waals surface area contributed by atoms with Gasteiger partial charge in [0.2, 0.25) is 5.91 Å². The number of methoxy groups -OCH3 is 1. The molecular formula is C9H13NO3S. The first-order chi connectivity index (χ1) is 6.50. The van der Waals surface area contributed by atoms with Gasteiger partial charge in [0.1, 0.15) is 6.04 Å². The molecule has 0 N–H and O–H groups in total. The Morgan fingerprint density at radius 3 is 2.86 bits per heavy atom. The number of ether oxygens (including phenoxy) is 1. The van der Waals surface area contributed by atoms with Crippen molar-refractivity contribution in [2.45, 2.75) is 25.3 Å². The largest absolute Gasteiger partial charge is 0.467 e. The van der Waals surface area contributed by atoms with E-state index in [0.717, 1.165) is 0 Å². The van der Waals surface area contributed by atoms with Crippen LogP contribution >= 0.6 is 11.8 Å². The highest BCUT2D eigenvalue weighted by Gasteiger charge is 2.61. The molecule has 2 rings (SSSR count). The number of hydrogen-bond acceptors (Lipinski definition) is 4. The van der Waals surface area contributed by atoms with Gasteiger partial charge < -0.3 is 9.64 Å². The van der Waals surface area contributed by atoms with E-state index < -0.39 is 0 Å². The summed E-state index contributed by atoms with van der Waals surface area (Å²) in [7, 11) is 1.36. The van der Waals surface area contributed by atoms with Crippen molar-refractivity contribution in [3.05, 3.63) is 0 Å². The number of carbonyl (C=O) groups excluding carboxylic acids is 2. The standard InChI is InChI=1S/C9H13NO3S/c1-9(2)7(12)10-5(6(11)13-3)4-14-8(9)10/h5,8H,4H2,1-3H3/t5-,8+/m1/s1. The van der Waals surface area contributed by atoms with Crippen LogP contribution in [0.25, 0.3) is 0 Å². The second kappa shape index (κ2) is 2.89. The fourth-order valence-corrected chi connectivity index (χ4v) is 3.58. The normalized spacial score (nSPS) is 33.6. The number of carbonyl (C=O) groups is 2. The third-order valence-corrected chi connectivity index (χ3v) is 4.52. The highest BCUT2D eigenvalue weighted by Crippen LogP contribution is 2.50. The molecule has 0 saturated carbocycles. The maximum Gasteiger partial charge on any atom is 0.329 e. The van der Waals surface area contributed by atoms with Crippen LogP contribution in [0.1, 0.15) is 13.8 Å². The maximum atomic E-state index is 11.7. The molecule has 0 unspecified atom stereocenters. The zero-order chi connectivity index (χ0) is 10.5. The smallest absolute Gasteiger partial charge is 0.329 e. The van der Waals surface area contributed by atoms with Crippen molar-refractivity contribution in [2.24, 2.45) is 5.41 Å². The van der Waals surface area contributed by atoms with Gasteiger partial charge in [-0.2, -0.15) is 0 Å². The van der Waals surface area contributed by atoms with E-state index in [1.54, 1.807) is 16.7 Å². The van der Waals surface area contributed by atoms with Crippen LogP contribution in [0.4, 0.5) is 0 Å². The van der Waals surface area contributed by atoms with Crippen molar-refractivity contribution >= 4 is 23.6 Å². The summed E-state index contributed by atoms with van der Waals surface area (Å²) >= 11 is 1.66. The zero-order valence-corrected chi connectivity index (χ0v) is 9.26. The van der Waals surface area contributed by atoms with E-state index in [4.69, 9.17) is 0 Å². The van der Waals surface area contributed by atoms with Gasteiger partial charge in [0, 0.05) is 5.75 Å². The topological polar surface area (TPSA) is 46.6 Å². The van der Waals surface area contributed by atoms with E-state index in [1.807, 2.05) is 13.8 Å². The Bertz CT molecular complexity index is 302. The first kappa shape index (κ1) is 9.83. The molecule has 2 aliphatic rings. The van der Waals surface area contributed by atoms with Gasteiger partial charge in [-0.1, -0.05) is 0 Å². The molecule has 0 aromatic carbocycles. The number of rotatable bonds is 1. The second-order valence-corrected chi connectivity index (χ2v) is 5.27. The molecule has 0 aromatic heterocycles. The van der Waals surface area contributed by atoms with E-state index in [-0.39, 0.29) is 28.7 Å². The fourth-order valence-electron chi connectivity index (χ4n) is 2.00. The quantitative estimate of drug-likeness (QED) is 0.471. The van der Waals surface area contributed by atoms with Gasteiger partial charge in [0.05, 0.1) is 17.9 Å². The molecule has 2 aliphatic heterocycles. The van der Waals surface area contributed by atoms with Crippen LogP contribution in [-0.4, -0.2) is 41.1 Å². The van der Waals surface area contributed by atoms with E-state index in [1.165, 1.54) is 7.11 Å². The molecule has 0 radical (unpaired) electrons. The predicted octanol–water partition coefficient (Wildman–Crippen LogP) is 0.469. The molecule has 0 spiro atoms. The average molecular weight is 215 g/mol. The lowest BCUT2D eigenvalue weighted by Crippen LogP contribution is -2.66. The zero-order valence-electron chi connectivity index (χ0n) is 8.44. The Labute approximate surface area is 87.0 Å². The minimum atomic E-state index is -0.365. The van der Waals surface area contributed by atoms with E-state index in [2.05, 4.69) is 4.74 Å². The number of amides is 1. The third-order valence-electron chi connectivity index (χ3n) is 2.88. The van der Waals surface area contributed by atoms with Crippen LogP contribution in [0.5, 0.6) is 0 Å². The van der Waals surface area contributed by atoms with E-state index in [0.29, 0.717) is 5.75 Å². The first-order valence-corrected chi connectivity index (χ1v) is 5.57. The minimum absolute atomic E-state index is 0.0582. The Balaban J connectivity index is 2.16. The summed E-state index contributed by atoms with van der Waals surface area (Å²) in [6.45, 7) is 3.84. The van der Waals surface area contributed by atoms with Crippen LogP contribution < -0.4 is 0 Å². The number of fused-ring (bicyclic) bond motifs is 1. The van der Waals surface area contributed by atoms with Crippen molar-refractivity contribution < 1.29 is 14.3 Å². The molecule has 5 heteroatoms. The summed E-state index contributed by atoms with van der Waals surface area (Å²) in [5.74, 6) is 0.415. The van der Waals surface area contributed by atoms with Crippen LogP contribution in [0.3, 0.4) is 0 Å². The van der Waals surface area contributed by atoms with Crippen LogP contribution in [-0.2, 0) is 14.3 Å². The van der Waals surface area contributed by atoms with E-state index in [9.17, 15) is 9.59 Å². The maximum absolute atomic E-state index is 11.7. The van der Waals surface area contributed by atoms with Crippen molar-refractivity contribution in [3.8, 4) is 0 Å². The van der Waals surface area contributed by atoms with E-state index >= 15 is 0 Å². The Morgan fingerprint density at radius 2 is 2.29 bits per heavy atom. The third kappa shape index (κ3) is 1.02. The van der Waals surface area contributed by atoms with Crippen molar-refractivity contribution in [3.63, 3.8) is 0 Å². The molecule has 2 atom stereocenters. The van der Waals surface area contributed by atoms with Gasteiger partial charge in [0.15, 0.2) is 0 Å². The second-order valence-electron chi connectivity index (χ2n) is 4.16. The van der Waals surface area contributed by atoms with Crippen molar-refractivity contribution in [1.82, 2.24) is 4.90 Å². The summed E-state index contributed by atoms with van der Waals surface area (Å²) in [5.41, 5.74) is -0.312. The van der Waals surface area contributed by atoms with Gasteiger partial charge in [-0.15, -0.1) is 11.8 Å². The summed E-state index contributed by atoms with van der Waals surface area (Å²) in [5, 5.41) is 0.152. The van der Waals surface area contributed by atoms with Crippen molar-refractivity contribution in [1.29, 1.82) is 0 Å². The summed E-state index contributed by atoms with van der Waals surface area (Å²) in [4.78, 5) is 24.7. The highest BCUT2D eigenvalue weighted by molar-refractivity contribution is 8.00. The molecule has 0 aliphatic carbocycles. The molecule has 1 amide bonds. The summed E-state index contributed by atoms with van der Waals surface area (Å²) in [6, 6.07) is -0.365. The van der Waals surface area contributed by atoms with Gasteiger partial charge in [0.25, 0.3) is 0 Å². The molecule has 4 nitrogen and oxygen atoms in total. The Kier molecular flexibility index (Phi) is 2.03. The molecule has 14 heavy (non-hydrogen) atoms. The fraction of sp³-hybridized carbons (Fsp3) is 0.778. The van der Waals surface area contributed by atoms with Gasteiger partial charge in [-0.3, -0.25) is 4.79 Å². The lowest BCUT2D eigenvalue weighted by atomic mass is 9.81. The minimum Gasteiger partial charge on any atom is -0.467 e. The monoisotopic (exact) mass is 215 g/mol.